The van der Waals surface area contributed by atoms with Crippen molar-refractivity contribution < 1.29 is 37.0 Å². The van der Waals surface area contributed by atoms with Gasteiger partial charge in [0.25, 0.3) is 5.91 Å². The first-order valence-corrected chi connectivity index (χ1v) is 16.9. The van der Waals surface area contributed by atoms with Gasteiger partial charge in [-0.3, -0.25) is 9.59 Å². The molecule has 2 unspecified atom stereocenters. The van der Waals surface area contributed by atoms with E-state index in [1.165, 1.54) is 12.1 Å². The molecule has 10 heteroatoms. The molecule has 0 bridgehead atoms. The first kappa shape index (κ1) is 36.2. The molecule has 1 aliphatic rings. The van der Waals surface area contributed by atoms with Crippen molar-refractivity contribution in [2.45, 2.75) is 57.7 Å². The number of alkyl halides is 3. The third-order valence-corrected chi connectivity index (χ3v) is 8.97. The number of ether oxygens (including phenoxy) is 2. The number of hydrogen-bond donors (Lipinski definition) is 1. The van der Waals surface area contributed by atoms with Gasteiger partial charge in [-0.25, -0.2) is 4.79 Å². The molecular formula is C40H41F3N2O5. The number of nitrogens with zero attached hydrogens (tertiary/aromatic N) is 1. The van der Waals surface area contributed by atoms with Crippen LogP contribution in [0.2, 0.25) is 0 Å². The minimum Gasteiger partial charge on any atom is -0.463 e. The summed E-state index contributed by atoms with van der Waals surface area (Å²) >= 11 is 0. The van der Waals surface area contributed by atoms with Gasteiger partial charge in [-0.2, -0.15) is 13.2 Å². The van der Waals surface area contributed by atoms with Gasteiger partial charge < -0.3 is 19.7 Å². The number of anilines is 2. The Morgan fingerprint density at radius 1 is 0.820 bits per heavy atom. The highest BCUT2D eigenvalue weighted by atomic mass is 19.4. The van der Waals surface area contributed by atoms with Crippen LogP contribution in [0, 0.1) is 5.92 Å². The Hall–Kier alpha value is -5.12. The van der Waals surface area contributed by atoms with Crippen molar-refractivity contribution in [3.05, 3.63) is 120 Å². The molecular weight excluding hydrogens is 645 g/mol. The number of halogens is 3. The first-order chi connectivity index (χ1) is 24.1. The molecule has 0 aromatic heterocycles. The second-order valence-corrected chi connectivity index (χ2v) is 12.3. The summed E-state index contributed by atoms with van der Waals surface area (Å²) in [4.78, 5) is 41.7. The van der Waals surface area contributed by atoms with Gasteiger partial charge in [0.15, 0.2) is 6.10 Å². The fourth-order valence-corrected chi connectivity index (χ4v) is 6.41. The normalized spacial score (nSPS) is 14.8. The third-order valence-electron chi connectivity index (χ3n) is 8.97. The Morgan fingerprint density at radius 2 is 1.46 bits per heavy atom. The molecule has 1 saturated heterocycles. The SMILES string of the molecule is CCCC(OC(=O)C(c1ccccc1)C1CCN(c2ccc(NC(=O)c3ccccc3-c3ccc(C(F)(F)F)cc3)cc2)CC1)C(=O)OCC. The number of esters is 2. The fourth-order valence-electron chi connectivity index (χ4n) is 6.41. The van der Waals surface area contributed by atoms with Crippen LogP contribution < -0.4 is 10.2 Å². The molecule has 4 aromatic carbocycles. The fraction of sp³-hybridized carbons (Fsp3) is 0.325. The number of hydrogen-bond acceptors (Lipinski definition) is 6. The van der Waals surface area contributed by atoms with E-state index in [2.05, 4.69) is 10.2 Å². The molecule has 0 aliphatic carbocycles. The van der Waals surface area contributed by atoms with E-state index in [-0.39, 0.29) is 18.4 Å². The summed E-state index contributed by atoms with van der Waals surface area (Å²) in [7, 11) is 0. The van der Waals surface area contributed by atoms with Gasteiger partial charge >= 0.3 is 18.1 Å². The average Bonchev–Trinajstić information content (AvgIpc) is 3.12. The maximum atomic E-state index is 13.6. The Kier molecular flexibility index (Phi) is 12.0. The predicted octanol–water partition coefficient (Wildman–Crippen LogP) is 8.90. The predicted molar refractivity (Wildman–Crippen MR) is 187 cm³/mol. The molecule has 7 nitrogen and oxygen atoms in total. The quantitative estimate of drug-likeness (QED) is 0.150. The van der Waals surface area contributed by atoms with Crippen molar-refractivity contribution in [2.24, 2.45) is 5.92 Å². The number of amides is 1. The summed E-state index contributed by atoms with van der Waals surface area (Å²) in [6.07, 6.45) is -2.86. The highest BCUT2D eigenvalue weighted by molar-refractivity contribution is 6.08. The molecule has 0 saturated carbocycles. The van der Waals surface area contributed by atoms with Gasteiger partial charge in [-0.05, 0) is 91.3 Å². The summed E-state index contributed by atoms with van der Waals surface area (Å²) in [6, 6.07) is 28.6. The maximum Gasteiger partial charge on any atom is 0.416 e. The van der Waals surface area contributed by atoms with E-state index in [1.54, 1.807) is 31.2 Å². The smallest absolute Gasteiger partial charge is 0.416 e. The van der Waals surface area contributed by atoms with E-state index in [4.69, 9.17) is 9.47 Å². The van der Waals surface area contributed by atoms with E-state index < -0.39 is 35.7 Å². The van der Waals surface area contributed by atoms with Gasteiger partial charge in [0, 0.05) is 30.0 Å². The van der Waals surface area contributed by atoms with Crippen molar-refractivity contribution in [1.82, 2.24) is 0 Å². The van der Waals surface area contributed by atoms with Crippen molar-refractivity contribution in [3.8, 4) is 11.1 Å². The summed E-state index contributed by atoms with van der Waals surface area (Å²) in [5.41, 5.74) is 3.02. The minimum absolute atomic E-state index is 0.00826. The van der Waals surface area contributed by atoms with Crippen LogP contribution in [-0.4, -0.2) is 43.6 Å². The molecule has 0 radical (unpaired) electrons. The number of carbonyl (C=O) groups is 3. The topological polar surface area (TPSA) is 84.9 Å². The van der Waals surface area contributed by atoms with Crippen LogP contribution in [0.5, 0.6) is 0 Å². The van der Waals surface area contributed by atoms with Crippen LogP contribution >= 0.6 is 0 Å². The highest BCUT2D eigenvalue weighted by Crippen LogP contribution is 2.36. The van der Waals surface area contributed by atoms with E-state index in [9.17, 15) is 27.6 Å². The molecule has 0 spiro atoms. The maximum absolute atomic E-state index is 13.6. The molecule has 1 aliphatic heterocycles. The summed E-state index contributed by atoms with van der Waals surface area (Å²) in [5.74, 6) is -1.82. The Bertz CT molecular complexity index is 1740. The van der Waals surface area contributed by atoms with Crippen LogP contribution in [-0.2, 0) is 25.2 Å². The molecule has 1 N–H and O–H groups in total. The van der Waals surface area contributed by atoms with Crippen molar-refractivity contribution in [2.75, 3.05) is 29.9 Å². The van der Waals surface area contributed by atoms with Crippen molar-refractivity contribution in [1.29, 1.82) is 0 Å². The van der Waals surface area contributed by atoms with Gasteiger partial charge in [-0.1, -0.05) is 74.0 Å². The second-order valence-electron chi connectivity index (χ2n) is 12.3. The monoisotopic (exact) mass is 686 g/mol. The number of benzene rings is 4. The number of carbonyl (C=O) groups excluding carboxylic acids is 3. The Labute approximate surface area is 290 Å². The van der Waals surface area contributed by atoms with Gasteiger partial charge in [-0.15, -0.1) is 0 Å². The average molecular weight is 687 g/mol. The summed E-state index contributed by atoms with van der Waals surface area (Å²) in [6.45, 7) is 5.26. The molecule has 50 heavy (non-hydrogen) atoms. The van der Waals surface area contributed by atoms with E-state index >= 15 is 0 Å². The molecule has 4 aromatic rings. The lowest BCUT2D eigenvalue weighted by Gasteiger charge is -2.37. The lowest BCUT2D eigenvalue weighted by Crippen LogP contribution is -2.39. The van der Waals surface area contributed by atoms with Crippen LogP contribution in [0.3, 0.4) is 0 Å². The van der Waals surface area contributed by atoms with Crippen molar-refractivity contribution >= 4 is 29.2 Å². The lowest BCUT2D eigenvalue weighted by molar-refractivity contribution is -0.170. The second kappa shape index (κ2) is 16.5. The zero-order valence-corrected chi connectivity index (χ0v) is 28.1. The number of rotatable bonds is 12. The lowest BCUT2D eigenvalue weighted by atomic mass is 9.80. The highest BCUT2D eigenvalue weighted by Gasteiger charge is 2.36. The van der Waals surface area contributed by atoms with E-state index in [0.717, 1.165) is 36.2 Å². The van der Waals surface area contributed by atoms with Crippen LogP contribution in [0.15, 0.2) is 103 Å². The van der Waals surface area contributed by atoms with E-state index in [1.807, 2.05) is 61.5 Å². The summed E-state index contributed by atoms with van der Waals surface area (Å²) in [5, 5.41) is 2.91. The zero-order valence-electron chi connectivity index (χ0n) is 28.1. The van der Waals surface area contributed by atoms with Gasteiger partial charge in [0.05, 0.1) is 18.1 Å². The molecule has 1 fully saturated rings. The van der Waals surface area contributed by atoms with Crippen LogP contribution in [0.4, 0.5) is 24.5 Å². The number of nitrogens with one attached hydrogen (secondary N) is 1. The largest absolute Gasteiger partial charge is 0.463 e. The molecule has 5 rings (SSSR count). The third kappa shape index (κ3) is 8.91. The summed E-state index contributed by atoms with van der Waals surface area (Å²) < 4.78 is 50.2. The van der Waals surface area contributed by atoms with Gasteiger partial charge in [0.1, 0.15) is 0 Å². The Morgan fingerprint density at radius 3 is 2.08 bits per heavy atom. The van der Waals surface area contributed by atoms with Gasteiger partial charge in [0.2, 0.25) is 0 Å². The van der Waals surface area contributed by atoms with Crippen LogP contribution in [0.25, 0.3) is 11.1 Å². The first-order valence-electron chi connectivity index (χ1n) is 16.9. The molecule has 1 amide bonds. The van der Waals surface area contributed by atoms with Crippen LogP contribution in [0.1, 0.15) is 66.9 Å². The Balaban J connectivity index is 1.23. The van der Waals surface area contributed by atoms with E-state index in [0.29, 0.717) is 48.3 Å². The standard InChI is InChI=1S/C40H41F3N2O5/c1-3-10-35(38(47)49-4-2)50-39(48)36(28-11-6-5-7-12-28)29-23-25-45(26-24-29)32-21-19-31(20-22-32)44-37(46)34-14-9-8-13-33(34)27-15-17-30(18-16-27)40(41,42)43/h5-9,11-22,29,35-36H,3-4,10,23-26H2,1-2H3,(H,44,46). The molecule has 1 heterocycles. The minimum atomic E-state index is -4.44. The van der Waals surface area contributed by atoms with Crippen molar-refractivity contribution in [3.63, 3.8) is 0 Å². The molecule has 2 atom stereocenters. The number of piperidine rings is 1. The zero-order chi connectivity index (χ0) is 35.7. The molecule has 262 valence electrons.